The van der Waals surface area contributed by atoms with Gasteiger partial charge in [0, 0.05) is 34.0 Å². The molecular weight excluding hydrogens is 276 g/mol. The first-order chi connectivity index (χ1) is 8.24. The van der Waals surface area contributed by atoms with E-state index in [-0.39, 0.29) is 0 Å². The zero-order valence-electron chi connectivity index (χ0n) is 9.87. The molecule has 0 aliphatic carbocycles. The van der Waals surface area contributed by atoms with Crippen molar-refractivity contribution < 1.29 is 0 Å². The van der Waals surface area contributed by atoms with Gasteiger partial charge in [-0.2, -0.15) is 0 Å². The summed E-state index contributed by atoms with van der Waals surface area (Å²) in [6, 6.07) is 6.40. The average Bonchev–Trinajstić information content (AvgIpc) is 2.64. The summed E-state index contributed by atoms with van der Waals surface area (Å²) in [7, 11) is 2.10. The lowest BCUT2D eigenvalue weighted by molar-refractivity contribution is 1.01. The number of fused-ring (bicyclic) bond motifs is 3. The van der Waals surface area contributed by atoms with Gasteiger partial charge in [-0.3, -0.25) is 4.98 Å². The number of aryl methyl sites for hydroxylation is 2. The van der Waals surface area contributed by atoms with Gasteiger partial charge in [0.1, 0.15) is 0 Å². The first kappa shape index (κ1) is 10.8. The Bertz CT molecular complexity index is 713. The van der Waals surface area contributed by atoms with E-state index in [1.165, 1.54) is 31.8 Å². The molecule has 2 nitrogen and oxygen atoms in total. The topological polar surface area (TPSA) is 17.8 Å². The van der Waals surface area contributed by atoms with Crippen LogP contribution in [0.5, 0.6) is 0 Å². The Kier molecular flexibility index (Phi) is 2.44. The van der Waals surface area contributed by atoms with Gasteiger partial charge in [-0.1, -0.05) is 22.9 Å². The lowest BCUT2D eigenvalue weighted by Crippen LogP contribution is -1.88. The number of nitrogens with zero attached hydrogens (tertiary/aromatic N) is 2. The highest BCUT2D eigenvalue weighted by Crippen LogP contribution is 2.34. The fraction of sp³-hybridized carbons (Fsp3) is 0.214. The highest BCUT2D eigenvalue weighted by atomic mass is 79.9. The molecule has 2 heterocycles. The van der Waals surface area contributed by atoms with E-state index in [9.17, 15) is 0 Å². The van der Waals surface area contributed by atoms with Crippen molar-refractivity contribution in [2.45, 2.75) is 13.3 Å². The number of aromatic nitrogens is 2. The largest absolute Gasteiger partial charge is 0.342 e. The van der Waals surface area contributed by atoms with Gasteiger partial charge in [-0.25, -0.2) is 0 Å². The van der Waals surface area contributed by atoms with Gasteiger partial charge in [-0.15, -0.1) is 0 Å². The van der Waals surface area contributed by atoms with Crippen molar-refractivity contribution in [1.29, 1.82) is 0 Å². The fourth-order valence-corrected chi connectivity index (χ4v) is 3.14. The summed E-state index contributed by atoms with van der Waals surface area (Å²) in [5.41, 5.74) is 3.84. The van der Waals surface area contributed by atoms with Crippen LogP contribution in [0.25, 0.3) is 21.8 Å². The third kappa shape index (κ3) is 1.42. The van der Waals surface area contributed by atoms with Gasteiger partial charge < -0.3 is 4.57 Å². The molecule has 3 heteroatoms. The molecular formula is C14H13BrN2. The minimum Gasteiger partial charge on any atom is -0.342 e. The summed E-state index contributed by atoms with van der Waals surface area (Å²) in [6.07, 6.45) is 4.82. The number of benzene rings is 1. The van der Waals surface area contributed by atoms with Crippen LogP contribution >= 0.6 is 15.9 Å². The van der Waals surface area contributed by atoms with Crippen LogP contribution in [-0.2, 0) is 13.5 Å². The highest BCUT2D eigenvalue weighted by Gasteiger charge is 2.12. The summed E-state index contributed by atoms with van der Waals surface area (Å²) in [4.78, 5) is 4.21. The predicted molar refractivity (Wildman–Crippen MR) is 75.3 cm³/mol. The average molecular weight is 289 g/mol. The molecule has 0 atom stereocenters. The maximum Gasteiger partial charge on any atom is 0.0675 e. The maximum absolute atomic E-state index is 4.21. The number of hydrogen-bond donors (Lipinski definition) is 0. The second-order valence-corrected chi connectivity index (χ2v) is 5.08. The second-order valence-electron chi connectivity index (χ2n) is 4.23. The van der Waals surface area contributed by atoms with E-state index in [1.54, 1.807) is 0 Å². The quantitative estimate of drug-likeness (QED) is 0.660. The van der Waals surface area contributed by atoms with Crippen LogP contribution in [0.15, 0.2) is 35.1 Å². The zero-order chi connectivity index (χ0) is 12.0. The molecule has 0 unspecified atom stereocenters. The molecule has 0 bridgehead atoms. The first-order valence-corrected chi connectivity index (χ1v) is 6.52. The summed E-state index contributed by atoms with van der Waals surface area (Å²) in [5.74, 6) is 0. The van der Waals surface area contributed by atoms with Gasteiger partial charge in [0.25, 0.3) is 0 Å². The molecule has 86 valence electrons. The standard InChI is InChI=1S/C14H13BrN2/c1-3-9-11(15)4-5-12-14(9)10-6-7-16-8-13(10)17(12)2/h4-8H,3H2,1-2H3. The van der Waals surface area contributed by atoms with Crippen LogP contribution in [-0.4, -0.2) is 9.55 Å². The van der Waals surface area contributed by atoms with E-state index >= 15 is 0 Å². The molecule has 0 N–H and O–H groups in total. The fourth-order valence-electron chi connectivity index (χ4n) is 2.53. The lowest BCUT2D eigenvalue weighted by Gasteiger charge is -2.04. The van der Waals surface area contributed by atoms with Crippen LogP contribution in [0.4, 0.5) is 0 Å². The zero-order valence-corrected chi connectivity index (χ0v) is 11.5. The molecule has 2 aromatic heterocycles. The molecule has 0 saturated heterocycles. The molecule has 0 aliphatic heterocycles. The molecule has 0 radical (unpaired) electrons. The maximum atomic E-state index is 4.21. The van der Waals surface area contributed by atoms with Crippen LogP contribution in [0, 0.1) is 0 Å². The molecule has 3 rings (SSSR count). The molecule has 1 aromatic carbocycles. The van der Waals surface area contributed by atoms with E-state index < -0.39 is 0 Å². The first-order valence-electron chi connectivity index (χ1n) is 5.73. The van der Waals surface area contributed by atoms with E-state index in [1.807, 2.05) is 12.4 Å². The number of rotatable bonds is 1. The van der Waals surface area contributed by atoms with Gasteiger partial charge in [0.2, 0.25) is 0 Å². The molecule has 17 heavy (non-hydrogen) atoms. The third-order valence-electron chi connectivity index (χ3n) is 3.38. The number of hydrogen-bond acceptors (Lipinski definition) is 1. The SMILES string of the molecule is CCc1c(Br)ccc2c1c1ccncc1n2C. The molecule has 0 spiro atoms. The number of pyridine rings is 1. The Morgan fingerprint density at radius 1 is 1.24 bits per heavy atom. The van der Waals surface area contributed by atoms with Crippen molar-refractivity contribution in [2.75, 3.05) is 0 Å². The minimum atomic E-state index is 1.03. The van der Waals surface area contributed by atoms with Crippen molar-refractivity contribution in [3.8, 4) is 0 Å². The van der Waals surface area contributed by atoms with Crippen molar-refractivity contribution in [1.82, 2.24) is 9.55 Å². The summed E-state index contributed by atoms with van der Waals surface area (Å²) in [5, 5.41) is 2.64. The van der Waals surface area contributed by atoms with Crippen LogP contribution < -0.4 is 0 Å². The van der Waals surface area contributed by atoms with Crippen molar-refractivity contribution in [3.05, 3.63) is 40.6 Å². The Hall–Kier alpha value is -1.35. The van der Waals surface area contributed by atoms with E-state index in [0.717, 1.165) is 6.42 Å². The van der Waals surface area contributed by atoms with Gasteiger partial charge in [-0.05, 0) is 30.2 Å². The lowest BCUT2D eigenvalue weighted by atomic mass is 10.1. The minimum absolute atomic E-state index is 1.03. The molecule has 0 saturated carbocycles. The predicted octanol–water partition coefficient (Wildman–Crippen LogP) is 4.05. The molecule has 0 fully saturated rings. The molecule has 0 amide bonds. The van der Waals surface area contributed by atoms with Crippen molar-refractivity contribution in [3.63, 3.8) is 0 Å². The van der Waals surface area contributed by atoms with Gasteiger partial charge >= 0.3 is 0 Å². The Labute approximate surface area is 108 Å². The molecule has 0 aliphatic rings. The van der Waals surface area contributed by atoms with Crippen LogP contribution in [0.1, 0.15) is 12.5 Å². The Morgan fingerprint density at radius 3 is 2.82 bits per heavy atom. The summed E-state index contributed by atoms with van der Waals surface area (Å²) >= 11 is 3.65. The van der Waals surface area contributed by atoms with Gasteiger partial charge in [0.15, 0.2) is 0 Å². The van der Waals surface area contributed by atoms with E-state index in [2.05, 4.69) is 57.7 Å². The van der Waals surface area contributed by atoms with Crippen LogP contribution in [0.2, 0.25) is 0 Å². The Balaban J connectivity index is 2.63. The van der Waals surface area contributed by atoms with Crippen LogP contribution in [0.3, 0.4) is 0 Å². The summed E-state index contributed by atoms with van der Waals surface area (Å²) in [6.45, 7) is 2.19. The Morgan fingerprint density at radius 2 is 2.06 bits per heavy atom. The second kappa shape index (κ2) is 3.84. The smallest absolute Gasteiger partial charge is 0.0675 e. The number of halogens is 1. The summed E-state index contributed by atoms with van der Waals surface area (Å²) < 4.78 is 3.40. The van der Waals surface area contributed by atoms with Crippen molar-refractivity contribution in [2.24, 2.45) is 7.05 Å². The highest BCUT2D eigenvalue weighted by molar-refractivity contribution is 9.10. The monoisotopic (exact) mass is 288 g/mol. The third-order valence-corrected chi connectivity index (χ3v) is 4.12. The molecule has 3 aromatic rings. The normalized spacial score (nSPS) is 11.5. The van der Waals surface area contributed by atoms with Crippen molar-refractivity contribution >= 4 is 37.7 Å². The van der Waals surface area contributed by atoms with Gasteiger partial charge in [0.05, 0.1) is 11.7 Å². The van der Waals surface area contributed by atoms with E-state index in [4.69, 9.17) is 0 Å². The van der Waals surface area contributed by atoms with E-state index in [0.29, 0.717) is 0 Å².